The van der Waals surface area contributed by atoms with E-state index >= 15 is 0 Å². The molecule has 0 fully saturated rings. The van der Waals surface area contributed by atoms with Gasteiger partial charge in [0.1, 0.15) is 0 Å². The minimum Gasteiger partial charge on any atom is -0.344 e. The van der Waals surface area contributed by atoms with E-state index in [0.29, 0.717) is 0 Å². The van der Waals surface area contributed by atoms with Gasteiger partial charge in [-0.15, -0.1) is 11.3 Å². The molecule has 0 radical (unpaired) electrons. The van der Waals surface area contributed by atoms with Crippen molar-refractivity contribution in [2.75, 3.05) is 0 Å². The molecule has 0 saturated heterocycles. The van der Waals surface area contributed by atoms with Crippen LogP contribution >= 0.6 is 11.3 Å². The van der Waals surface area contributed by atoms with Crippen LogP contribution in [-0.2, 0) is 13.0 Å². The number of thiophene rings is 1. The summed E-state index contributed by atoms with van der Waals surface area (Å²) < 4.78 is 2.08. The normalized spacial score (nSPS) is 16.4. The number of carbonyl (C=O) groups is 1. The molecule has 1 amide bonds. The van der Waals surface area contributed by atoms with E-state index in [9.17, 15) is 4.79 Å². The molecule has 2 heterocycles. The quantitative estimate of drug-likeness (QED) is 0.769. The Morgan fingerprint density at radius 3 is 2.88 bits per heavy atom. The van der Waals surface area contributed by atoms with E-state index in [0.717, 1.165) is 35.6 Å². The van der Waals surface area contributed by atoms with Crippen LogP contribution in [0.5, 0.6) is 0 Å². The largest absolute Gasteiger partial charge is 0.344 e. The van der Waals surface area contributed by atoms with Crippen molar-refractivity contribution in [3.63, 3.8) is 0 Å². The molecule has 1 aliphatic rings. The summed E-state index contributed by atoms with van der Waals surface area (Å²) in [6.07, 6.45) is 5.00. The van der Waals surface area contributed by atoms with E-state index in [4.69, 9.17) is 0 Å². The lowest BCUT2D eigenvalue weighted by atomic mass is 9.93. The van der Waals surface area contributed by atoms with E-state index in [2.05, 4.69) is 39.4 Å². The molecule has 1 atom stereocenters. The van der Waals surface area contributed by atoms with Crippen molar-refractivity contribution in [1.29, 1.82) is 0 Å². The fourth-order valence-electron chi connectivity index (χ4n) is 3.45. The van der Waals surface area contributed by atoms with Crippen LogP contribution in [0.3, 0.4) is 0 Å². The van der Waals surface area contributed by atoms with Gasteiger partial charge in [0.05, 0.1) is 23.7 Å². The van der Waals surface area contributed by atoms with Gasteiger partial charge in [0.25, 0.3) is 5.91 Å². The summed E-state index contributed by atoms with van der Waals surface area (Å²) >= 11 is 1.54. The zero-order chi connectivity index (χ0) is 17.2. The van der Waals surface area contributed by atoms with Gasteiger partial charge in [-0.25, -0.2) is 0 Å². The highest BCUT2D eigenvalue weighted by atomic mass is 32.1. The number of hydrogen-bond acceptors (Lipinski definition) is 3. The third-order valence-corrected chi connectivity index (χ3v) is 5.71. The van der Waals surface area contributed by atoms with Gasteiger partial charge in [-0.2, -0.15) is 5.10 Å². The van der Waals surface area contributed by atoms with Gasteiger partial charge in [0, 0.05) is 16.1 Å². The van der Waals surface area contributed by atoms with E-state index < -0.39 is 0 Å². The SMILES string of the molecule is Cc1ccc(C(=O)NC2CCCc3c2cnn3Cc2ccccc2)s1. The van der Waals surface area contributed by atoms with E-state index in [1.807, 2.05) is 31.3 Å². The number of nitrogens with zero attached hydrogens (tertiary/aromatic N) is 2. The van der Waals surface area contributed by atoms with Crippen molar-refractivity contribution in [2.24, 2.45) is 0 Å². The summed E-state index contributed by atoms with van der Waals surface area (Å²) in [4.78, 5) is 14.4. The molecule has 25 heavy (non-hydrogen) atoms. The molecule has 1 aliphatic carbocycles. The molecule has 0 aliphatic heterocycles. The fourth-order valence-corrected chi connectivity index (χ4v) is 4.22. The number of benzene rings is 1. The van der Waals surface area contributed by atoms with Gasteiger partial charge in [-0.1, -0.05) is 30.3 Å². The Balaban J connectivity index is 1.53. The topological polar surface area (TPSA) is 46.9 Å². The average Bonchev–Trinajstić information content (AvgIpc) is 3.23. The standard InChI is InChI=1S/C20H21N3OS/c1-14-10-11-19(25-14)20(24)22-17-8-5-9-18-16(17)12-21-23(18)13-15-6-3-2-4-7-15/h2-4,6-7,10-12,17H,5,8-9,13H2,1H3,(H,22,24). The monoisotopic (exact) mass is 351 g/mol. The van der Waals surface area contributed by atoms with Crippen LogP contribution in [0.2, 0.25) is 0 Å². The van der Waals surface area contributed by atoms with E-state index in [-0.39, 0.29) is 11.9 Å². The molecular formula is C20H21N3OS. The molecule has 0 saturated carbocycles. The van der Waals surface area contributed by atoms with Gasteiger partial charge in [-0.05, 0) is 43.9 Å². The average molecular weight is 351 g/mol. The maximum atomic E-state index is 12.5. The maximum Gasteiger partial charge on any atom is 0.261 e. The molecule has 1 unspecified atom stereocenters. The van der Waals surface area contributed by atoms with E-state index in [1.54, 1.807) is 0 Å². The zero-order valence-corrected chi connectivity index (χ0v) is 15.1. The summed E-state index contributed by atoms with van der Waals surface area (Å²) in [7, 11) is 0. The first-order valence-corrected chi connectivity index (χ1v) is 9.48. The predicted molar refractivity (Wildman–Crippen MR) is 100.0 cm³/mol. The van der Waals surface area contributed by atoms with Gasteiger partial charge in [0.2, 0.25) is 0 Å². The first-order chi connectivity index (χ1) is 12.2. The fraction of sp³-hybridized carbons (Fsp3) is 0.300. The molecule has 0 spiro atoms. The molecule has 5 heteroatoms. The van der Waals surface area contributed by atoms with Crippen molar-refractivity contribution in [2.45, 2.75) is 38.8 Å². The molecule has 1 N–H and O–H groups in total. The number of nitrogens with one attached hydrogen (secondary N) is 1. The summed E-state index contributed by atoms with van der Waals surface area (Å²) in [6, 6.07) is 14.3. The Kier molecular flexibility index (Phi) is 4.40. The van der Waals surface area contributed by atoms with Crippen molar-refractivity contribution < 1.29 is 4.79 Å². The van der Waals surface area contributed by atoms with Crippen LogP contribution in [0.1, 0.15) is 50.3 Å². The van der Waals surface area contributed by atoms with Crippen LogP contribution in [-0.4, -0.2) is 15.7 Å². The van der Waals surface area contributed by atoms with Crippen LogP contribution in [0.4, 0.5) is 0 Å². The second-order valence-electron chi connectivity index (χ2n) is 6.52. The third-order valence-electron chi connectivity index (χ3n) is 4.71. The molecule has 2 aromatic heterocycles. The Bertz CT molecular complexity index is 881. The number of aryl methyl sites for hydroxylation is 1. The number of carbonyl (C=O) groups excluding carboxylic acids is 1. The summed E-state index contributed by atoms with van der Waals surface area (Å²) in [5.41, 5.74) is 3.67. The lowest BCUT2D eigenvalue weighted by molar-refractivity contribution is 0.0937. The summed E-state index contributed by atoms with van der Waals surface area (Å²) in [5.74, 6) is 0.0201. The highest BCUT2D eigenvalue weighted by Crippen LogP contribution is 2.30. The molecular weight excluding hydrogens is 330 g/mol. The lowest BCUT2D eigenvalue weighted by Crippen LogP contribution is -2.30. The Morgan fingerprint density at radius 2 is 2.12 bits per heavy atom. The number of hydrogen-bond donors (Lipinski definition) is 1. The highest BCUT2D eigenvalue weighted by Gasteiger charge is 2.26. The first kappa shape index (κ1) is 16.1. The molecule has 0 bridgehead atoms. The number of fused-ring (bicyclic) bond motifs is 1. The van der Waals surface area contributed by atoms with Gasteiger partial charge < -0.3 is 5.32 Å². The minimum atomic E-state index is 0.0201. The summed E-state index contributed by atoms with van der Waals surface area (Å²) in [6.45, 7) is 2.80. The Morgan fingerprint density at radius 1 is 1.28 bits per heavy atom. The highest BCUT2D eigenvalue weighted by molar-refractivity contribution is 7.13. The second-order valence-corrected chi connectivity index (χ2v) is 7.81. The molecule has 4 nitrogen and oxygen atoms in total. The predicted octanol–water partition coefficient (Wildman–Crippen LogP) is 4.11. The van der Waals surface area contributed by atoms with Crippen molar-refractivity contribution in [3.8, 4) is 0 Å². The summed E-state index contributed by atoms with van der Waals surface area (Å²) in [5, 5.41) is 7.80. The van der Waals surface area contributed by atoms with Crippen LogP contribution < -0.4 is 5.32 Å². The smallest absolute Gasteiger partial charge is 0.261 e. The number of aromatic nitrogens is 2. The van der Waals surface area contributed by atoms with Crippen molar-refractivity contribution in [1.82, 2.24) is 15.1 Å². The zero-order valence-electron chi connectivity index (χ0n) is 14.2. The molecule has 3 aromatic rings. The molecule has 4 rings (SSSR count). The van der Waals surface area contributed by atoms with Gasteiger partial charge in [-0.3, -0.25) is 9.48 Å². The molecule has 128 valence electrons. The van der Waals surface area contributed by atoms with Crippen LogP contribution in [0.25, 0.3) is 0 Å². The molecule has 1 aromatic carbocycles. The van der Waals surface area contributed by atoms with Crippen molar-refractivity contribution in [3.05, 3.63) is 75.2 Å². The third kappa shape index (κ3) is 3.37. The second kappa shape index (κ2) is 6.84. The van der Waals surface area contributed by atoms with Gasteiger partial charge >= 0.3 is 0 Å². The number of rotatable bonds is 4. The van der Waals surface area contributed by atoms with E-state index in [1.165, 1.54) is 28.2 Å². The first-order valence-electron chi connectivity index (χ1n) is 8.66. The minimum absolute atomic E-state index is 0.0201. The van der Waals surface area contributed by atoms with Gasteiger partial charge in [0.15, 0.2) is 0 Å². The van der Waals surface area contributed by atoms with Crippen LogP contribution in [0, 0.1) is 6.92 Å². The Hall–Kier alpha value is -2.40. The van der Waals surface area contributed by atoms with Crippen molar-refractivity contribution >= 4 is 17.2 Å². The lowest BCUT2D eigenvalue weighted by Gasteiger charge is -2.24. The number of amides is 1. The van der Waals surface area contributed by atoms with Crippen LogP contribution in [0.15, 0.2) is 48.7 Å². The maximum absolute atomic E-state index is 12.5. The Labute approximate surface area is 151 Å².